The molecule has 0 aromatic carbocycles. The van der Waals surface area contributed by atoms with Gasteiger partial charge in [0.05, 0.1) is 0 Å². The van der Waals surface area contributed by atoms with E-state index in [1.165, 1.54) is 0 Å². The lowest BCUT2D eigenvalue weighted by atomic mass is 9.91. The first-order valence-corrected chi connectivity index (χ1v) is 6.89. The summed E-state index contributed by atoms with van der Waals surface area (Å²) < 4.78 is 5.39. The number of aromatic nitrogens is 1. The number of aliphatic hydroxyl groups excluding tert-OH is 1. The fourth-order valence-corrected chi connectivity index (χ4v) is 2.50. The molecule has 1 saturated heterocycles. The van der Waals surface area contributed by atoms with Crippen LogP contribution in [0.1, 0.15) is 32.3 Å². The summed E-state index contributed by atoms with van der Waals surface area (Å²) in [6.45, 7) is 6.69. The van der Waals surface area contributed by atoms with Crippen LogP contribution >= 0.6 is 0 Å². The molecule has 2 rings (SSSR count). The number of ether oxygens (including phenoxy) is 1. The van der Waals surface area contributed by atoms with E-state index in [0.29, 0.717) is 13.1 Å². The van der Waals surface area contributed by atoms with Gasteiger partial charge in [0.15, 0.2) is 0 Å². The molecule has 0 radical (unpaired) electrons. The third-order valence-electron chi connectivity index (χ3n) is 3.44. The summed E-state index contributed by atoms with van der Waals surface area (Å²) in [6, 6.07) is 3.86. The lowest BCUT2D eigenvalue weighted by Gasteiger charge is -2.24. The minimum absolute atomic E-state index is 0.0340. The van der Waals surface area contributed by atoms with Crippen molar-refractivity contribution in [3.05, 3.63) is 30.1 Å². The van der Waals surface area contributed by atoms with Crippen LogP contribution in [0.3, 0.4) is 0 Å². The fourth-order valence-electron chi connectivity index (χ4n) is 2.50. The van der Waals surface area contributed by atoms with Gasteiger partial charge in [-0.15, -0.1) is 0 Å². The fraction of sp³-hybridized carbons (Fsp3) is 0.600. The Labute approximate surface area is 119 Å². The molecule has 1 aromatic heterocycles. The van der Waals surface area contributed by atoms with E-state index in [4.69, 9.17) is 4.74 Å². The van der Waals surface area contributed by atoms with E-state index in [-0.39, 0.29) is 24.5 Å². The van der Waals surface area contributed by atoms with E-state index in [1.54, 1.807) is 17.3 Å². The molecule has 1 amide bonds. The third-order valence-corrected chi connectivity index (χ3v) is 3.44. The first-order valence-electron chi connectivity index (χ1n) is 6.89. The lowest BCUT2D eigenvalue weighted by molar-refractivity contribution is 0.0283. The molecule has 5 heteroatoms. The van der Waals surface area contributed by atoms with E-state index >= 15 is 0 Å². The maximum atomic E-state index is 12.1. The maximum Gasteiger partial charge on any atom is 0.410 e. The Hall–Kier alpha value is -1.62. The predicted molar refractivity (Wildman–Crippen MR) is 75.4 cm³/mol. The van der Waals surface area contributed by atoms with E-state index in [1.807, 2.05) is 32.9 Å². The van der Waals surface area contributed by atoms with Crippen molar-refractivity contribution < 1.29 is 14.6 Å². The molecular formula is C15H22N2O3. The molecule has 2 atom stereocenters. The highest BCUT2D eigenvalue weighted by atomic mass is 16.6. The Morgan fingerprint density at radius 2 is 2.25 bits per heavy atom. The number of carbonyl (C=O) groups excluding carboxylic acids is 1. The Kier molecular flexibility index (Phi) is 4.28. The minimum atomic E-state index is -0.502. The van der Waals surface area contributed by atoms with Crippen molar-refractivity contribution in [2.24, 2.45) is 5.92 Å². The molecule has 2 heterocycles. The van der Waals surface area contributed by atoms with Crippen molar-refractivity contribution in [1.29, 1.82) is 0 Å². The Morgan fingerprint density at radius 3 is 2.80 bits per heavy atom. The summed E-state index contributed by atoms with van der Waals surface area (Å²) in [6.07, 6.45) is 3.20. The van der Waals surface area contributed by atoms with Gasteiger partial charge in [0, 0.05) is 43.9 Å². The molecule has 0 bridgehead atoms. The molecular weight excluding hydrogens is 256 g/mol. The van der Waals surface area contributed by atoms with Gasteiger partial charge < -0.3 is 14.7 Å². The second kappa shape index (κ2) is 5.79. The maximum absolute atomic E-state index is 12.1. The van der Waals surface area contributed by atoms with Gasteiger partial charge in [-0.25, -0.2) is 4.79 Å². The van der Waals surface area contributed by atoms with Gasteiger partial charge in [0.1, 0.15) is 5.60 Å². The third kappa shape index (κ3) is 3.48. The lowest BCUT2D eigenvalue weighted by Crippen LogP contribution is -2.35. The summed E-state index contributed by atoms with van der Waals surface area (Å²) >= 11 is 0. The molecule has 1 aromatic rings. The smallest absolute Gasteiger partial charge is 0.410 e. The quantitative estimate of drug-likeness (QED) is 0.899. The molecule has 1 fully saturated rings. The largest absolute Gasteiger partial charge is 0.444 e. The number of likely N-dealkylation sites (tertiary alicyclic amines) is 1. The van der Waals surface area contributed by atoms with Crippen molar-refractivity contribution in [2.45, 2.75) is 32.3 Å². The molecule has 20 heavy (non-hydrogen) atoms. The molecule has 0 aliphatic carbocycles. The van der Waals surface area contributed by atoms with Gasteiger partial charge in [-0.3, -0.25) is 4.98 Å². The zero-order valence-electron chi connectivity index (χ0n) is 12.2. The summed E-state index contributed by atoms with van der Waals surface area (Å²) in [5.41, 5.74) is 0.552. The van der Waals surface area contributed by atoms with Crippen LogP contribution in [-0.2, 0) is 4.74 Å². The standard InChI is InChI=1S/C15H22N2O3/c1-15(2,3)20-14(19)17-8-12(10-18)13(9-17)11-5-4-6-16-7-11/h4-7,12-13,18H,8-10H2,1-3H3. The SMILES string of the molecule is CC(C)(C)OC(=O)N1CC(CO)C(c2cccnc2)C1. The van der Waals surface area contributed by atoms with Crippen molar-refractivity contribution in [2.75, 3.05) is 19.7 Å². The van der Waals surface area contributed by atoms with Crippen molar-refractivity contribution >= 4 is 6.09 Å². The molecule has 0 spiro atoms. The van der Waals surface area contributed by atoms with Crippen LogP contribution in [0.4, 0.5) is 4.79 Å². The molecule has 0 saturated carbocycles. The number of aliphatic hydroxyl groups is 1. The Morgan fingerprint density at radius 1 is 1.50 bits per heavy atom. The van der Waals surface area contributed by atoms with Crippen LogP contribution in [0, 0.1) is 5.92 Å². The highest BCUT2D eigenvalue weighted by Crippen LogP contribution is 2.32. The van der Waals surface area contributed by atoms with Gasteiger partial charge in [0.2, 0.25) is 0 Å². The summed E-state index contributed by atoms with van der Waals surface area (Å²) in [5, 5.41) is 9.53. The van der Waals surface area contributed by atoms with Crippen LogP contribution in [-0.4, -0.2) is 46.4 Å². The highest BCUT2D eigenvalue weighted by molar-refractivity contribution is 5.68. The molecule has 1 aliphatic heterocycles. The van der Waals surface area contributed by atoms with Gasteiger partial charge in [0.25, 0.3) is 0 Å². The Bertz CT molecular complexity index is 456. The minimum Gasteiger partial charge on any atom is -0.444 e. The van der Waals surface area contributed by atoms with Crippen LogP contribution in [0.2, 0.25) is 0 Å². The van der Waals surface area contributed by atoms with Crippen molar-refractivity contribution in [3.8, 4) is 0 Å². The number of pyridine rings is 1. The van der Waals surface area contributed by atoms with E-state index in [0.717, 1.165) is 5.56 Å². The predicted octanol–water partition coefficient (Wildman–Crippen LogP) is 2.02. The van der Waals surface area contributed by atoms with Crippen LogP contribution in [0.15, 0.2) is 24.5 Å². The van der Waals surface area contributed by atoms with E-state index in [9.17, 15) is 9.90 Å². The average Bonchev–Trinajstić information content (AvgIpc) is 2.82. The van der Waals surface area contributed by atoms with Gasteiger partial charge in [-0.1, -0.05) is 6.07 Å². The van der Waals surface area contributed by atoms with Crippen LogP contribution in [0.25, 0.3) is 0 Å². The van der Waals surface area contributed by atoms with E-state index in [2.05, 4.69) is 4.98 Å². The summed E-state index contributed by atoms with van der Waals surface area (Å²) in [5.74, 6) is 0.146. The van der Waals surface area contributed by atoms with Crippen LogP contribution in [0.5, 0.6) is 0 Å². The molecule has 110 valence electrons. The number of rotatable bonds is 2. The van der Waals surface area contributed by atoms with Crippen molar-refractivity contribution in [1.82, 2.24) is 9.88 Å². The molecule has 5 nitrogen and oxygen atoms in total. The first-order chi connectivity index (χ1) is 9.40. The summed E-state index contributed by atoms with van der Waals surface area (Å²) in [7, 11) is 0. The normalized spacial score (nSPS) is 22.9. The average molecular weight is 278 g/mol. The summed E-state index contributed by atoms with van der Waals surface area (Å²) in [4.78, 5) is 17.9. The second-order valence-corrected chi connectivity index (χ2v) is 6.22. The van der Waals surface area contributed by atoms with Gasteiger partial charge in [-0.05, 0) is 32.4 Å². The Balaban J connectivity index is 2.08. The first kappa shape index (κ1) is 14.8. The number of nitrogens with zero attached hydrogens (tertiary/aromatic N) is 2. The second-order valence-electron chi connectivity index (χ2n) is 6.22. The molecule has 1 N–H and O–H groups in total. The number of amides is 1. The number of hydrogen-bond acceptors (Lipinski definition) is 4. The van der Waals surface area contributed by atoms with E-state index < -0.39 is 5.60 Å². The number of hydrogen-bond donors (Lipinski definition) is 1. The van der Waals surface area contributed by atoms with Crippen LogP contribution < -0.4 is 0 Å². The zero-order valence-corrected chi connectivity index (χ0v) is 12.2. The van der Waals surface area contributed by atoms with Gasteiger partial charge in [-0.2, -0.15) is 0 Å². The monoisotopic (exact) mass is 278 g/mol. The van der Waals surface area contributed by atoms with Gasteiger partial charge >= 0.3 is 6.09 Å². The zero-order chi connectivity index (χ0) is 14.8. The topological polar surface area (TPSA) is 62.7 Å². The molecule has 1 aliphatic rings. The highest BCUT2D eigenvalue weighted by Gasteiger charge is 2.37. The number of carbonyl (C=O) groups is 1. The van der Waals surface area contributed by atoms with Crippen molar-refractivity contribution in [3.63, 3.8) is 0 Å². The molecule has 2 unspecified atom stereocenters.